The van der Waals surface area contributed by atoms with Gasteiger partial charge in [-0.05, 0) is 35.0 Å². The van der Waals surface area contributed by atoms with Crippen LogP contribution in [0.1, 0.15) is 23.7 Å². The van der Waals surface area contributed by atoms with Gasteiger partial charge in [0.2, 0.25) is 0 Å². The van der Waals surface area contributed by atoms with Gasteiger partial charge in [0.25, 0.3) is 0 Å². The summed E-state index contributed by atoms with van der Waals surface area (Å²) < 4.78 is 6.61. The Morgan fingerprint density at radius 2 is 1.29 bits per heavy atom. The number of hydrogen-bond acceptors (Lipinski definition) is 3. The van der Waals surface area contributed by atoms with Crippen LogP contribution in [-0.2, 0) is 4.53 Å². The van der Waals surface area contributed by atoms with E-state index in [1.165, 1.54) is 0 Å². The maximum Gasteiger partial charge on any atom is 0.380 e. The molecule has 0 atom stereocenters. The van der Waals surface area contributed by atoms with Crippen molar-refractivity contribution in [3.8, 4) is 6.07 Å². The van der Waals surface area contributed by atoms with E-state index < -0.39 is 8.32 Å². The Kier molecular flexibility index (Phi) is 5.83. The Hall–Kier alpha value is -3.88. The average Bonchev–Trinajstić information content (AvgIpc) is 3.22. The maximum atomic E-state index is 9.54. The predicted molar refractivity (Wildman–Crippen MR) is 128 cm³/mol. The molecule has 0 saturated carbocycles. The molecule has 1 aromatic heterocycles. The molecule has 1 N–H and O–H groups in total. The van der Waals surface area contributed by atoms with E-state index >= 15 is 0 Å². The first-order valence-corrected chi connectivity index (χ1v) is 12.1. The van der Waals surface area contributed by atoms with Gasteiger partial charge in [0.1, 0.15) is 6.07 Å². The van der Waals surface area contributed by atoms with E-state index in [9.17, 15) is 5.26 Å². The SMILES string of the molecule is CC(=NO[Si](c1ccccc1)(c1ccccc1)c1ccccc1)c1[nH]cc(C)c1C#N. The Morgan fingerprint density at radius 1 is 0.839 bits per heavy atom. The fourth-order valence-corrected chi connectivity index (χ4v) is 7.39. The molecule has 0 aliphatic heterocycles. The quantitative estimate of drug-likeness (QED) is 0.224. The Labute approximate surface area is 183 Å². The molecule has 0 fully saturated rings. The van der Waals surface area contributed by atoms with Gasteiger partial charge in [-0.25, -0.2) is 0 Å². The van der Waals surface area contributed by atoms with Crippen molar-refractivity contribution < 1.29 is 4.53 Å². The van der Waals surface area contributed by atoms with Crippen LogP contribution in [0.5, 0.6) is 0 Å². The molecule has 0 unspecified atom stereocenters. The van der Waals surface area contributed by atoms with Crippen LogP contribution in [-0.4, -0.2) is 19.0 Å². The lowest BCUT2D eigenvalue weighted by molar-refractivity contribution is 0.348. The number of aryl methyl sites for hydroxylation is 1. The maximum absolute atomic E-state index is 9.54. The molecular weight excluding hydrogens is 398 g/mol. The molecule has 0 aliphatic rings. The standard InChI is InChI=1S/C26H23N3OSi/c1-20-19-28-26(25(20)18-27)21(2)29-30-31(22-12-6-3-7-13-22,23-14-8-4-9-15-23)24-16-10-5-11-17-24/h3-17,19,28H,1-2H3. The molecule has 5 heteroatoms. The second-order valence-corrected chi connectivity index (χ2v) is 10.7. The number of rotatable bonds is 6. The zero-order chi connectivity index (χ0) is 21.7. The van der Waals surface area contributed by atoms with Gasteiger partial charge >= 0.3 is 8.32 Å². The molecule has 0 aliphatic carbocycles. The van der Waals surface area contributed by atoms with E-state index in [1.54, 1.807) is 0 Å². The first kappa shape index (κ1) is 20.4. The molecule has 0 saturated heterocycles. The van der Waals surface area contributed by atoms with Crippen molar-refractivity contribution >= 4 is 29.6 Å². The van der Waals surface area contributed by atoms with Crippen molar-refractivity contribution in [3.05, 3.63) is 114 Å². The van der Waals surface area contributed by atoms with Gasteiger partial charge in [0.15, 0.2) is 0 Å². The van der Waals surface area contributed by atoms with Gasteiger partial charge < -0.3 is 9.51 Å². The van der Waals surface area contributed by atoms with Crippen LogP contribution >= 0.6 is 0 Å². The summed E-state index contributed by atoms with van der Waals surface area (Å²) >= 11 is 0. The van der Waals surface area contributed by atoms with Crippen LogP contribution in [0, 0.1) is 18.3 Å². The van der Waals surface area contributed by atoms with Crippen LogP contribution < -0.4 is 15.6 Å². The molecule has 1 heterocycles. The molecule has 4 nitrogen and oxygen atoms in total. The van der Waals surface area contributed by atoms with Crippen molar-refractivity contribution in [2.24, 2.45) is 5.16 Å². The molecule has 0 amide bonds. The minimum atomic E-state index is -2.92. The molecule has 3 aromatic carbocycles. The Balaban J connectivity index is 1.91. The highest BCUT2D eigenvalue weighted by Gasteiger charge is 2.45. The van der Waals surface area contributed by atoms with Crippen LogP contribution in [0.25, 0.3) is 0 Å². The lowest BCUT2D eigenvalue weighted by Crippen LogP contribution is -2.68. The third-order valence-electron chi connectivity index (χ3n) is 5.41. The number of aromatic amines is 1. The highest BCUT2D eigenvalue weighted by atomic mass is 28.4. The van der Waals surface area contributed by atoms with Gasteiger partial charge in [0.05, 0.1) is 17.0 Å². The third kappa shape index (κ3) is 3.81. The number of nitrogens with zero attached hydrogens (tertiary/aromatic N) is 2. The number of aromatic nitrogens is 1. The highest BCUT2D eigenvalue weighted by molar-refractivity contribution is 7.07. The third-order valence-corrected chi connectivity index (χ3v) is 9.22. The van der Waals surface area contributed by atoms with Crippen molar-refractivity contribution in [1.82, 2.24) is 4.98 Å². The summed E-state index contributed by atoms with van der Waals surface area (Å²) in [6, 6.07) is 33.1. The lowest BCUT2D eigenvalue weighted by atomic mass is 10.1. The second-order valence-electron chi connectivity index (χ2n) is 7.38. The van der Waals surface area contributed by atoms with E-state index in [4.69, 9.17) is 4.53 Å². The number of nitrogens with one attached hydrogen (secondary N) is 1. The van der Waals surface area contributed by atoms with Gasteiger partial charge in [-0.15, -0.1) is 5.16 Å². The molecule has 152 valence electrons. The molecule has 31 heavy (non-hydrogen) atoms. The van der Waals surface area contributed by atoms with Crippen LogP contribution in [0.2, 0.25) is 0 Å². The Bertz CT molecular complexity index is 1130. The van der Waals surface area contributed by atoms with E-state index in [2.05, 4.69) is 52.6 Å². The van der Waals surface area contributed by atoms with Gasteiger partial charge in [-0.1, -0.05) is 91.0 Å². The largest absolute Gasteiger partial charge is 0.438 e. The summed E-state index contributed by atoms with van der Waals surface area (Å²) in [5.41, 5.74) is 2.82. The molecule has 4 rings (SSSR count). The first-order valence-electron chi connectivity index (χ1n) is 10.1. The topological polar surface area (TPSA) is 61.2 Å². The average molecular weight is 422 g/mol. The number of H-pyrrole nitrogens is 1. The van der Waals surface area contributed by atoms with E-state index in [0.29, 0.717) is 17.0 Å². The summed E-state index contributed by atoms with van der Waals surface area (Å²) in [5.74, 6) is 0. The summed E-state index contributed by atoms with van der Waals surface area (Å²) in [7, 11) is -2.92. The van der Waals surface area contributed by atoms with Gasteiger partial charge in [0, 0.05) is 6.20 Å². The molecule has 0 bridgehead atoms. The number of hydrogen-bond donors (Lipinski definition) is 1. The molecular formula is C26H23N3OSi. The van der Waals surface area contributed by atoms with E-state index in [-0.39, 0.29) is 0 Å². The summed E-state index contributed by atoms with van der Waals surface area (Å²) in [6.45, 7) is 3.77. The fourth-order valence-electron chi connectivity index (χ4n) is 3.81. The highest BCUT2D eigenvalue weighted by Crippen LogP contribution is 2.15. The molecule has 4 aromatic rings. The number of oxime groups is 1. The predicted octanol–water partition coefficient (Wildman–Crippen LogP) is 3.60. The summed E-state index contributed by atoms with van der Waals surface area (Å²) in [5, 5.41) is 17.5. The number of nitriles is 1. The number of benzene rings is 3. The van der Waals surface area contributed by atoms with Crippen molar-refractivity contribution in [2.45, 2.75) is 13.8 Å². The van der Waals surface area contributed by atoms with Crippen LogP contribution in [0.3, 0.4) is 0 Å². The summed E-state index contributed by atoms with van der Waals surface area (Å²) in [4.78, 5) is 3.16. The van der Waals surface area contributed by atoms with E-state index in [1.807, 2.05) is 74.6 Å². The van der Waals surface area contributed by atoms with Crippen LogP contribution in [0.15, 0.2) is 102 Å². The van der Waals surface area contributed by atoms with Crippen molar-refractivity contribution in [3.63, 3.8) is 0 Å². The minimum Gasteiger partial charge on any atom is -0.438 e. The van der Waals surface area contributed by atoms with Crippen molar-refractivity contribution in [1.29, 1.82) is 5.26 Å². The van der Waals surface area contributed by atoms with Gasteiger partial charge in [-0.2, -0.15) is 5.26 Å². The molecule has 0 spiro atoms. The first-order chi connectivity index (χ1) is 15.2. The van der Waals surface area contributed by atoms with Gasteiger partial charge in [-0.3, -0.25) is 0 Å². The Morgan fingerprint density at radius 3 is 1.71 bits per heavy atom. The normalized spacial score (nSPS) is 11.7. The fraction of sp³-hybridized carbons (Fsp3) is 0.0769. The monoisotopic (exact) mass is 421 g/mol. The lowest BCUT2D eigenvalue weighted by Gasteiger charge is -2.30. The summed E-state index contributed by atoms with van der Waals surface area (Å²) in [6.07, 6.45) is 1.82. The minimum absolute atomic E-state index is 0.594. The smallest absolute Gasteiger partial charge is 0.380 e. The second kappa shape index (κ2) is 8.86. The zero-order valence-corrected chi connectivity index (χ0v) is 18.5. The zero-order valence-electron chi connectivity index (χ0n) is 17.5. The molecule has 0 radical (unpaired) electrons. The van der Waals surface area contributed by atoms with Crippen molar-refractivity contribution in [2.75, 3.05) is 0 Å². The van der Waals surface area contributed by atoms with Crippen LogP contribution in [0.4, 0.5) is 0 Å². The van der Waals surface area contributed by atoms with E-state index in [0.717, 1.165) is 21.1 Å².